The third kappa shape index (κ3) is 4.20. The van der Waals surface area contributed by atoms with Gasteiger partial charge >= 0.3 is 0 Å². The predicted molar refractivity (Wildman–Crippen MR) is 91.8 cm³/mol. The summed E-state index contributed by atoms with van der Waals surface area (Å²) in [5, 5.41) is 22.7. The van der Waals surface area contributed by atoms with Gasteiger partial charge in [-0.25, -0.2) is 5.06 Å². The lowest BCUT2D eigenvalue weighted by molar-refractivity contribution is -0.157. The summed E-state index contributed by atoms with van der Waals surface area (Å²) in [5.41, 5.74) is 0. The second kappa shape index (κ2) is 8.57. The van der Waals surface area contributed by atoms with Crippen molar-refractivity contribution in [3.05, 3.63) is 5.82 Å². The fourth-order valence-corrected chi connectivity index (χ4v) is 4.23. The van der Waals surface area contributed by atoms with Crippen molar-refractivity contribution < 1.29 is 14.8 Å². The number of aromatic nitrogens is 4. The summed E-state index contributed by atoms with van der Waals surface area (Å²) in [5.74, 6) is 0.654. The number of hydrogen-bond acceptors (Lipinski definition) is 6. The van der Waals surface area contributed by atoms with Gasteiger partial charge in [0, 0.05) is 6.54 Å². The first-order chi connectivity index (χ1) is 12.6. The number of carbonyl (C=O) groups is 2. The third-order valence-corrected chi connectivity index (χ3v) is 5.56. The molecule has 1 aromatic rings. The van der Waals surface area contributed by atoms with Crippen LogP contribution in [-0.4, -0.2) is 60.8 Å². The van der Waals surface area contributed by atoms with Gasteiger partial charge in [0.1, 0.15) is 0 Å². The molecule has 9 heteroatoms. The molecule has 0 spiro atoms. The van der Waals surface area contributed by atoms with Crippen LogP contribution < -0.4 is 0 Å². The van der Waals surface area contributed by atoms with Gasteiger partial charge in [0.05, 0.1) is 25.0 Å². The second-order valence-corrected chi connectivity index (χ2v) is 7.34. The molecule has 0 aromatic carbocycles. The van der Waals surface area contributed by atoms with Gasteiger partial charge < -0.3 is 4.90 Å². The fraction of sp³-hybridized carbons (Fsp3) is 0.824. The normalized spacial score (nSPS) is 21.9. The number of likely N-dealkylation sites (tertiary alicyclic amines) is 1. The van der Waals surface area contributed by atoms with Crippen LogP contribution in [0.1, 0.15) is 63.7 Å². The smallest absolute Gasteiger partial charge is 0.233 e. The van der Waals surface area contributed by atoms with E-state index >= 15 is 0 Å². The molecule has 1 saturated carbocycles. The lowest BCUT2D eigenvalue weighted by atomic mass is 9.91. The topological polar surface area (TPSA) is 104 Å². The van der Waals surface area contributed by atoms with E-state index in [-0.39, 0.29) is 18.5 Å². The van der Waals surface area contributed by atoms with E-state index in [1.807, 2.05) is 11.8 Å². The average molecular weight is 364 g/mol. The SMILES string of the molecule is CCn1nnc([C@@H]2CCCN2C(=O)[C@H](CC2CCCC2)CN(O)C=O)n1. The lowest BCUT2D eigenvalue weighted by Gasteiger charge is -2.29. The number of rotatable bonds is 8. The van der Waals surface area contributed by atoms with E-state index in [0.29, 0.717) is 42.7 Å². The van der Waals surface area contributed by atoms with Crippen LogP contribution in [0.2, 0.25) is 0 Å². The van der Waals surface area contributed by atoms with Gasteiger partial charge in [-0.2, -0.15) is 4.80 Å². The van der Waals surface area contributed by atoms with Crippen molar-refractivity contribution in [1.82, 2.24) is 30.2 Å². The van der Waals surface area contributed by atoms with Crippen molar-refractivity contribution in [2.45, 2.75) is 64.5 Å². The number of aryl methyl sites for hydroxylation is 1. The Morgan fingerprint density at radius 1 is 1.35 bits per heavy atom. The van der Waals surface area contributed by atoms with Crippen LogP contribution in [0.4, 0.5) is 0 Å². The van der Waals surface area contributed by atoms with E-state index in [2.05, 4.69) is 15.4 Å². The molecule has 2 fully saturated rings. The van der Waals surface area contributed by atoms with Crippen molar-refractivity contribution in [2.75, 3.05) is 13.1 Å². The van der Waals surface area contributed by atoms with Crippen molar-refractivity contribution >= 4 is 12.3 Å². The molecule has 0 radical (unpaired) electrons. The van der Waals surface area contributed by atoms with Crippen molar-refractivity contribution in [1.29, 1.82) is 0 Å². The van der Waals surface area contributed by atoms with Crippen molar-refractivity contribution in [3.63, 3.8) is 0 Å². The molecule has 1 aliphatic heterocycles. The Kier molecular flexibility index (Phi) is 6.18. The zero-order chi connectivity index (χ0) is 18.5. The van der Waals surface area contributed by atoms with E-state index in [1.165, 1.54) is 17.6 Å². The Bertz CT molecular complexity index is 615. The van der Waals surface area contributed by atoms with Gasteiger partial charge in [-0.15, -0.1) is 10.2 Å². The Labute approximate surface area is 153 Å². The van der Waals surface area contributed by atoms with Crippen LogP contribution >= 0.6 is 0 Å². The highest BCUT2D eigenvalue weighted by atomic mass is 16.5. The second-order valence-electron chi connectivity index (χ2n) is 7.34. The molecule has 1 aliphatic carbocycles. The zero-order valence-electron chi connectivity index (χ0n) is 15.3. The molecule has 26 heavy (non-hydrogen) atoms. The summed E-state index contributed by atoms with van der Waals surface area (Å²) < 4.78 is 0. The highest BCUT2D eigenvalue weighted by Gasteiger charge is 2.37. The van der Waals surface area contributed by atoms with Gasteiger partial charge in [0.2, 0.25) is 12.3 Å². The van der Waals surface area contributed by atoms with Gasteiger partial charge in [-0.3, -0.25) is 14.8 Å². The quantitative estimate of drug-likeness (QED) is 0.425. The highest BCUT2D eigenvalue weighted by Crippen LogP contribution is 2.35. The van der Waals surface area contributed by atoms with Crippen molar-refractivity contribution in [3.8, 4) is 0 Å². The molecule has 1 N–H and O–H groups in total. The molecule has 3 rings (SSSR count). The van der Waals surface area contributed by atoms with Crippen LogP contribution in [0.3, 0.4) is 0 Å². The minimum absolute atomic E-state index is 0.0202. The number of hydroxylamine groups is 2. The Morgan fingerprint density at radius 2 is 2.12 bits per heavy atom. The summed E-state index contributed by atoms with van der Waals surface area (Å²) in [6.45, 7) is 3.27. The van der Waals surface area contributed by atoms with E-state index in [9.17, 15) is 14.8 Å². The Hall–Kier alpha value is -2.03. The maximum atomic E-state index is 13.2. The van der Waals surface area contributed by atoms with Crippen LogP contribution in [0.25, 0.3) is 0 Å². The van der Waals surface area contributed by atoms with Crippen LogP contribution in [0, 0.1) is 11.8 Å². The first kappa shape index (κ1) is 18.8. The minimum Gasteiger partial charge on any atom is -0.332 e. The number of nitrogens with zero attached hydrogens (tertiary/aromatic N) is 6. The molecule has 0 bridgehead atoms. The summed E-state index contributed by atoms with van der Waals surface area (Å²) in [4.78, 5) is 27.4. The molecule has 9 nitrogen and oxygen atoms in total. The number of hydrogen-bond donors (Lipinski definition) is 1. The standard InChI is InChI=1S/C17H28N6O3/c1-2-23-19-16(18-20-23)15-8-5-9-22(15)17(25)14(11-21(26)12-24)10-13-6-3-4-7-13/h12-15,26H,2-11H2,1H3/t14-,15+/m1/s1. The molecule has 2 amide bonds. The summed E-state index contributed by atoms with van der Waals surface area (Å²) in [6, 6.07) is -0.169. The fourth-order valence-electron chi connectivity index (χ4n) is 4.23. The van der Waals surface area contributed by atoms with Crippen LogP contribution in [-0.2, 0) is 16.1 Å². The average Bonchev–Trinajstić information content (AvgIpc) is 3.40. The number of tetrazole rings is 1. The minimum atomic E-state index is -0.393. The maximum absolute atomic E-state index is 13.2. The zero-order valence-corrected chi connectivity index (χ0v) is 15.3. The first-order valence-electron chi connectivity index (χ1n) is 9.61. The Morgan fingerprint density at radius 3 is 2.77 bits per heavy atom. The Balaban J connectivity index is 1.73. The summed E-state index contributed by atoms with van der Waals surface area (Å²) >= 11 is 0. The molecule has 144 valence electrons. The van der Waals surface area contributed by atoms with Crippen LogP contribution in [0.15, 0.2) is 0 Å². The van der Waals surface area contributed by atoms with E-state index in [0.717, 1.165) is 25.7 Å². The predicted octanol–water partition coefficient (Wildman–Crippen LogP) is 1.40. The summed E-state index contributed by atoms with van der Waals surface area (Å²) in [6.07, 6.45) is 7.40. The molecule has 1 saturated heterocycles. The number of amides is 2. The first-order valence-corrected chi connectivity index (χ1v) is 9.61. The monoisotopic (exact) mass is 364 g/mol. The molecular weight excluding hydrogens is 336 g/mol. The van der Waals surface area contributed by atoms with E-state index in [4.69, 9.17) is 0 Å². The molecular formula is C17H28N6O3. The highest BCUT2D eigenvalue weighted by molar-refractivity contribution is 5.80. The van der Waals surface area contributed by atoms with E-state index in [1.54, 1.807) is 0 Å². The largest absolute Gasteiger partial charge is 0.332 e. The molecule has 0 unspecified atom stereocenters. The summed E-state index contributed by atoms with van der Waals surface area (Å²) in [7, 11) is 0. The molecule has 2 aliphatic rings. The molecule has 1 aromatic heterocycles. The van der Waals surface area contributed by atoms with Gasteiger partial charge in [-0.1, -0.05) is 25.7 Å². The third-order valence-electron chi connectivity index (χ3n) is 5.56. The van der Waals surface area contributed by atoms with Crippen molar-refractivity contribution in [2.24, 2.45) is 11.8 Å². The van der Waals surface area contributed by atoms with Crippen LogP contribution in [0.5, 0.6) is 0 Å². The van der Waals surface area contributed by atoms with Gasteiger partial charge in [-0.05, 0) is 37.3 Å². The molecule has 2 atom stereocenters. The maximum Gasteiger partial charge on any atom is 0.233 e. The number of carbonyl (C=O) groups excluding carboxylic acids is 2. The van der Waals surface area contributed by atoms with E-state index < -0.39 is 5.92 Å². The van der Waals surface area contributed by atoms with Gasteiger partial charge in [0.15, 0.2) is 5.82 Å². The lowest BCUT2D eigenvalue weighted by Crippen LogP contribution is -2.41. The van der Waals surface area contributed by atoms with Gasteiger partial charge in [0.25, 0.3) is 0 Å². The molecule has 2 heterocycles.